The van der Waals surface area contributed by atoms with E-state index in [-0.39, 0.29) is 5.78 Å². The first-order valence-electron chi connectivity index (χ1n) is 7.42. The van der Waals surface area contributed by atoms with Crippen LogP contribution in [0.2, 0.25) is 0 Å². The highest BCUT2D eigenvalue weighted by Gasteiger charge is 2.00. The first-order valence-corrected chi connectivity index (χ1v) is 7.42. The molecular formula is C19H17N3O2. The molecule has 1 heterocycles. The summed E-state index contributed by atoms with van der Waals surface area (Å²) >= 11 is 0. The van der Waals surface area contributed by atoms with Crippen molar-refractivity contribution in [2.45, 2.75) is 6.42 Å². The zero-order valence-electron chi connectivity index (χ0n) is 13.0. The molecule has 0 saturated heterocycles. The van der Waals surface area contributed by atoms with Crippen molar-refractivity contribution in [1.29, 1.82) is 0 Å². The number of rotatable bonds is 0. The average Bonchev–Trinajstić information content (AvgIpc) is 2.60. The largest absolute Gasteiger partial charge is 0.338 e. The predicted molar refractivity (Wildman–Crippen MR) is 94.8 cm³/mol. The minimum Gasteiger partial charge on any atom is -0.338 e. The van der Waals surface area contributed by atoms with Crippen LogP contribution in [0.5, 0.6) is 5.75 Å². The Labute approximate surface area is 140 Å². The third kappa shape index (κ3) is 6.62. The van der Waals surface area contributed by atoms with Crippen molar-refractivity contribution in [3.05, 3.63) is 90.6 Å². The number of fused-ring (bicyclic) bond motifs is 1. The highest BCUT2D eigenvalue weighted by Crippen LogP contribution is 2.19. The molecule has 0 amide bonds. The summed E-state index contributed by atoms with van der Waals surface area (Å²) in [6, 6.07) is 7.52. The van der Waals surface area contributed by atoms with Crippen molar-refractivity contribution in [3.63, 3.8) is 0 Å². The van der Waals surface area contributed by atoms with Crippen LogP contribution < -0.4 is 4.84 Å². The van der Waals surface area contributed by atoms with Crippen LogP contribution in [0.3, 0.4) is 0 Å². The number of benzene rings is 1. The fourth-order valence-corrected chi connectivity index (χ4v) is 1.79. The van der Waals surface area contributed by atoms with Crippen molar-refractivity contribution >= 4 is 12.0 Å². The molecule has 0 spiro atoms. The maximum atomic E-state index is 11.6. The number of carbonyl (C=O) groups excluding carboxylic acids is 1. The Kier molecular flexibility index (Phi) is 7.37. The Hall–Kier alpha value is -3.34. The maximum absolute atomic E-state index is 11.6. The lowest BCUT2D eigenvalue weighted by Crippen LogP contribution is -1.89. The molecule has 5 heteroatoms. The van der Waals surface area contributed by atoms with Crippen LogP contribution in [0, 0.1) is 0 Å². The van der Waals surface area contributed by atoms with E-state index >= 15 is 0 Å². The van der Waals surface area contributed by atoms with Crippen LogP contribution >= 0.6 is 0 Å². The van der Waals surface area contributed by atoms with Crippen LogP contribution in [0.4, 0.5) is 0 Å². The zero-order valence-corrected chi connectivity index (χ0v) is 13.0. The minimum atomic E-state index is -0.0749. The summed E-state index contributed by atoms with van der Waals surface area (Å²) in [5, 5.41) is 10.9. The predicted octanol–water partition coefficient (Wildman–Crippen LogP) is 4.32. The van der Waals surface area contributed by atoms with Gasteiger partial charge >= 0.3 is 0 Å². The van der Waals surface area contributed by atoms with E-state index in [2.05, 4.69) is 15.6 Å². The van der Waals surface area contributed by atoms with Crippen molar-refractivity contribution in [1.82, 2.24) is 0 Å². The first-order chi connectivity index (χ1) is 11.9. The van der Waals surface area contributed by atoms with Crippen LogP contribution in [0.1, 0.15) is 5.56 Å². The van der Waals surface area contributed by atoms with Gasteiger partial charge in [0.25, 0.3) is 0 Å². The van der Waals surface area contributed by atoms with Gasteiger partial charge in [-0.15, -0.1) is 5.10 Å². The SMILES string of the molecule is O=C1C=CC=CC=CC=NN=NOc2ccccc2CC=CC=C1. The summed E-state index contributed by atoms with van der Waals surface area (Å²) in [5.41, 5.74) is 0.957. The molecule has 120 valence electrons. The van der Waals surface area contributed by atoms with Crippen LogP contribution in [0.25, 0.3) is 0 Å². The summed E-state index contributed by atoms with van der Waals surface area (Å²) in [6.07, 6.45) is 19.3. The van der Waals surface area contributed by atoms with Gasteiger partial charge in [-0.25, -0.2) is 0 Å². The smallest absolute Gasteiger partial charge is 0.178 e. The molecule has 0 N–H and O–H groups in total. The van der Waals surface area contributed by atoms with Crippen LogP contribution in [0.15, 0.2) is 101 Å². The van der Waals surface area contributed by atoms with Crippen molar-refractivity contribution in [3.8, 4) is 5.75 Å². The van der Waals surface area contributed by atoms with Gasteiger partial charge in [0.2, 0.25) is 0 Å². The quantitative estimate of drug-likeness (QED) is 0.714. The molecule has 0 bridgehead atoms. The topological polar surface area (TPSA) is 63.4 Å². The van der Waals surface area contributed by atoms with Gasteiger partial charge in [-0.1, -0.05) is 60.7 Å². The van der Waals surface area contributed by atoms with Gasteiger partial charge in [0.15, 0.2) is 11.5 Å². The minimum absolute atomic E-state index is 0.0749. The molecule has 0 aromatic heterocycles. The molecule has 0 atom stereocenters. The molecule has 5 nitrogen and oxygen atoms in total. The highest BCUT2D eigenvalue weighted by atomic mass is 16.6. The molecule has 1 aliphatic rings. The Morgan fingerprint density at radius 2 is 1.62 bits per heavy atom. The molecule has 1 aromatic carbocycles. The van der Waals surface area contributed by atoms with E-state index in [1.807, 2.05) is 36.4 Å². The number of para-hydroxylation sites is 1. The van der Waals surface area contributed by atoms with E-state index in [9.17, 15) is 4.79 Å². The standard InChI is InChI=1S/C19H17N3O2/c23-18-13-6-2-1-3-10-16-20-21-22-24-19-15-9-8-12-17(19)11-5-4-7-14-18/h1-10,12-16H,11H2. The van der Waals surface area contributed by atoms with E-state index in [1.165, 1.54) is 18.4 Å². The van der Waals surface area contributed by atoms with Gasteiger partial charge in [-0.3, -0.25) is 4.79 Å². The second kappa shape index (κ2) is 10.4. The Bertz CT molecular complexity index is 754. The molecule has 0 radical (unpaired) electrons. The number of carbonyl (C=O) groups is 1. The van der Waals surface area contributed by atoms with E-state index in [0.717, 1.165) is 5.56 Å². The molecule has 1 aromatic rings. The lowest BCUT2D eigenvalue weighted by Gasteiger charge is -2.02. The van der Waals surface area contributed by atoms with E-state index in [0.29, 0.717) is 12.2 Å². The summed E-state index contributed by atoms with van der Waals surface area (Å²) in [4.78, 5) is 16.9. The number of hydrogen-bond acceptors (Lipinski definition) is 5. The summed E-state index contributed by atoms with van der Waals surface area (Å²) in [7, 11) is 0. The van der Waals surface area contributed by atoms with Gasteiger partial charge in [-0.2, -0.15) is 0 Å². The van der Waals surface area contributed by atoms with Crippen molar-refractivity contribution in [2.24, 2.45) is 15.6 Å². The lowest BCUT2D eigenvalue weighted by atomic mass is 10.1. The normalized spacial score (nSPS) is 15.4. The van der Waals surface area contributed by atoms with E-state index in [1.54, 1.807) is 36.5 Å². The second-order valence-electron chi connectivity index (χ2n) is 4.66. The lowest BCUT2D eigenvalue weighted by molar-refractivity contribution is -0.110. The molecule has 0 aliphatic carbocycles. The van der Waals surface area contributed by atoms with E-state index < -0.39 is 0 Å². The van der Waals surface area contributed by atoms with Gasteiger partial charge in [0.1, 0.15) is 0 Å². The van der Waals surface area contributed by atoms with Gasteiger partial charge in [0, 0.05) is 5.56 Å². The third-order valence-corrected chi connectivity index (χ3v) is 2.90. The second-order valence-corrected chi connectivity index (χ2v) is 4.66. The summed E-state index contributed by atoms with van der Waals surface area (Å²) in [5.74, 6) is 0.537. The average molecular weight is 319 g/mol. The number of hydrogen-bond donors (Lipinski definition) is 0. The zero-order chi connectivity index (χ0) is 16.9. The van der Waals surface area contributed by atoms with Crippen molar-refractivity contribution < 1.29 is 9.63 Å². The fraction of sp³-hybridized carbons (Fsp3) is 0.0526. The highest BCUT2D eigenvalue weighted by molar-refractivity contribution is 5.99. The maximum Gasteiger partial charge on any atom is 0.178 e. The van der Waals surface area contributed by atoms with E-state index in [4.69, 9.17) is 4.84 Å². The monoisotopic (exact) mass is 319 g/mol. The molecule has 0 saturated carbocycles. The molecule has 0 fully saturated rings. The fourth-order valence-electron chi connectivity index (χ4n) is 1.79. The van der Waals surface area contributed by atoms with Gasteiger partial charge < -0.3 is 4.84 Å². The Balaban J connectivity index is 2.17. The first kappa shape index (κ1) is 17.0. The Morgan fingerprint density at radius 3 is 2.54 bits per heavy atom. The van der Waals surface area contributed by atoms with Crippen molar-refractivity contribution in [2.75, 3.05) is 0 Å². The van der Waals surface area contributed by atoms with Crippen LogP contribution in [-0.2, 0) is 11.2 Å². The number of nitrogens with zero attached hydrogens (tertiary/aromatic N) is 3. The number of allylic oxidation sites excluding steroid dienone is 10. The molecule has 24 heavy (non-hydrogen) atoms. The molecule has 1 aliphatic heterocycles. The summed E-state index contributed by atoms with van der Waals surface area (Å²) in [6.45, 7) is 0. The number of ketones is 1. The third-order valence-electron chi connectivity index (χ3n) is 2.90. The Morgan fingerprint density at radius 1 is 0.875 bits per heavy atom. The molecule has 2 rings (SSSR count). The summed E-state index contributed by atoms with van der Waals surface area (Å²) < 4.78 is 0. The molecule has 0 unspecified atom stereocenters. The molecular weight excluding hydrogens is 302 g/mol. The van der Waals surface area contributed by atoms with Gasteiger partial charge in [-0.05, 0) is 35.9 Å². The van der Waals surface area contributed by atoms with Crippen LogP contribution in [-0.4, -0.2) is 12.0 Å². The van der Waals surface area contributed by atoms with Gasteiger partial charge in [0.05, 0.1) is 11.5 Å².